The van der Waals surface area contributed by atoms with Gasteiger partial charge in [0.1, 0.15) is 5.69 Å². The molecule has 2 atom stereocenters. The van der Waals surface area contributed by atoms with E-state index < -0.39 is 0 Å². The molecule has 2 heterocycles. The zero-order valence-electron chi connectivity index (χ0n) is 13.1. The Morgan fingerprint density at radius 2 is 2.29 bits per heavy atom. The molecular formula is C16H25N3O2. The van der Waals surface area contributed by atoms with Crippen LogP contribution in [0.5, 0.6) is 0 Å². The molecule has 1 amide bonds. The van der Waals surface area contributed by atoms with Crippen molar-refractivity contribution in [2.45, 2.75) is 39.3 Å². The summed E-state index contributed by atoms with van der Waals surface area (Å²) in [7, 11) is 0. The number of piperazine rings is 1. The molecule has 1 aliphatic rings. The highest BCUT2D eigenvalue weighted by Crippen LogP contribution is 2.14. The first kappa shape index (κ1) is 15.9. The molecule has 0 aliphatic carbocycles. The summed E-state index contributed by atoms with van der Waals surface area (Å²) in [5, 5.41) is 9.47. The molecule has 2 rings (SSSR count). The first-order chi connectivity index (χ1) is 10.0. The Morgan fingerprint density at radius 1 is 1.52 bits per heavy atom. The molecule has 0 spiro atoms. The Kier molecular flexibility index (Phi) is 5.31. The Bertz CT molecular complexity index is 490. The minimum absolute atomic E-state index is 0.00879. The fourth-order valence-electron chi connectivity index (χ4n) is 2.83. The van der Waals surface area contributed by atoms with E-state index in [1.54, 1.807) is 13.1 Å². The van der Waals surface area contributed by atoms with Gasteiger partial charge in [0.2, 0.25) is 0 Å². The van der Waals surface area contributed by atoms with Gasteiger partial charge in [0.05, 0.1) is 6.10 Å². The average molecular weight is 291 g/mol. The molecule has 0 unspecified atom stereocenters. The van der Waals surface area contributed by atoms with Crippen LogP contribution in [0.25, 0.3) is 0 Å². The van der Waals surface area contributed by atoms with E-state index in [2.05, 4.69) is 23.7 Å². The van der Waals surface area contributed by atoms with E-state index in [-0.39, 0.29) is 18.1 Å². The van der Waals surface area contributed by atoms with E-state index in [4.69, 9.17) is 0 Å². The largest absolute Gasteiger partial charge is 0.392 e. The number of β-amino-alcohol motifs (C(OH)–C–C–N with tert-alkyl or cyclic N) is 1. The SMILES string of the molecule is CCc1ccnc(C(=O)N2CCN(C[C@@H](C)O)C[C@H]2C)c1. The van der Waals surface area contributed by atoms with Gasteiger partial charge in [-0.15, -0.1) is 0 Å². The number of hydrogen-bond acceptors (Lipinski definition) is 4. The third-order valence-electron chi connectivity index (χ3n) is 3.95. The lowest BCUT2D eigenvalue weighted by atomic mass is 10.1. The maximum absolute atomic E-state index is 12.6. The Labute approximate surface area is 126 Å². The number of carbonyl (C=O) groups is 1. The molecule has 21 heavy (non-hydrogen) atoms. The third-order valence-corrected chi connectivity index (χ3v) is 3.95. The van der Waals surface area contributed by atoms with Crippen LogP contribution in [-0.4, -0.2) is 64.1 Å². The van der Waals surface area contributed by atoms with Gasteiger partial charge in [-0.2, -0.15) is 0 Å². The molecule has 1 aliphatic heterocycles. The smallest absolute Gasteiger partial charge is 0.272 e. The van der Waals surface area contributed by atoms with Crippen LogP contribution in [0.3, 0.4) is 0 Å². The van der Waals surface area contributed by atoms with Crippen LogP contribution in [-0.2, 0) is 6.42 Å². The molecule has 0 aromatic carbocycles. The van der Waals surface area contributed by atoms with Crippen molar-refractivity contribution in [1.82, 2.24) is 14.8 Å². The predicted octanol–water partition coefficient (Wildman–Crippen LogP) is 1.17. The second-order valence-electron chi connectivity index (χ2n) is 5.86. The Balaban J connectivity index is 2.03. The van der Waals surface area contributed by atoms with Crippen LogP contribution in [0.1, 0.15) is 36.8 Å². The fraction of sp³-hybridized carbons (Fsp3) is 0.625. The number of aliphatic hydroxyl groups excluding tert-OH is 1. The molecular weight excluding hydrogens is 266 g/mol. The Hall–Kier alpha value is -1.46. The maximum Gasteiger partial charge on any atom is 0.272 e. The molecule has 0 saturated carbocycles. The lowest BCUT2D eigenvalue weighted by Gasteiger charge is -2.40. The number of hydrogen-bond donors (Lipinski definition) is 1. The number of rotatable bonds is 4. The van der Waals surface area contributed by atoms with Gasteiger partial charge in [0, 0.05) is 38.4 Å². The second kappa shape index (κ2) is 7.00. The average Bonchev–Trinajstić information content (AvgIpc) is 2.46. The summed E-state index contributed by atoms with van der Waals surface area (Å²) in [6.45, 7) is 8.86. The summed E-state index contributed by atoms with van der Waals surface area (Å²) in [6.07, 6.45) is 2.28. The molecule has 5 heteroatoms. The summed E-state index contributed by atoms with van der Waals surface area (Å²) in [4.78, 5) is 20.9. The summed E-state index contributed by atoms with van der Waals surface area (Å²) >= 11 is 0. The topological polar surface area (TPSA) is 56.7 Å². The summed E-state index contributed by atoms with van der Waals surface area (Å²) in [5.41, 5.74) is 1.67. The molecule has 116 valence electrons. The lowest BCUT2D eigenvalue weighted by molar-refractivity contribution is 0.0378. The zero-order valence-corrected chi connectivity index (χ0v) is 13.1. The van der Waals surface area contributed by atoms with Crippen LogP contribution in [0.2, 0.25) is 0 Å². The van der Waals surface area contributed by atoms with Gasteiger partial charge in [0.15, 0.2) is 0 Å². The van der Waals surface area contributed by atoms with Crippen molar-refractivity contribution in [3.63, 3.8) is 0 Å². The highest BCUT2D eigenvalue weighted by molar-refractivity contribution is 5.92. The van der Waals surface area contributed by atoms with Crippen LogP contribution in [0.4, 0.5) is 0 Å². The van der Waals surface area contributed by atoms with E-state index >= 15 is 0 Å². The van der Waals surface area contributed by atoms with Gasteiger partial charge in [0.25, 0.3) is 5.91 Å². The van der Waals surface area contributed by atoms with E-state index in [9.17, 15) is 9.90 Å². The minimum Gasteiger partial charge on any atom is -0.392 e. The summed E-state index contributed by atoms with van der Waals surface area (Å²) in [5.74, 6) is 0.00879. The molecule has 1 saturated heterocycles. The number of pyridine rings is 1. The highest BCUT2D eigenvalue weighted by atomic mass is 16.3. The normalized spacial score (nSPS) is 21.3. The number of aryl methyl sites for hydroxylation is 1. The molecule has 1 fully saturated rings. The van der Waals surface area contributed by atoms with E-state index in [1.165, 1.54) is 0 Å². The second-order valence-corrected chi connectivity index (χ2v) is 5.86. The molecule has 0 radical (unpaired) electrons. The number of carbonyl (C=O) groups excluding carboxylic acids is 1. The molecule has 5 nitrogen and oxygen atoms in total. The van der Waals surface area contributed by atoms with Crippen molar-refractivity contribution in [2.24, 2.45) is 0 Å². The van der Waals surface area contributed by atoms with Crippen molar-refractivity contribution >= 4 is 5.91 Å². The van der Waals surface area contributed by atoms with Crippen molar-refractivity contribution in [2.75, 3.05) is 26.2 Å². The van der Waals surface area contributed by atoms with Crippen LogP contribution in [0.15, 0.2) is 18.3 Å². The van der Waals surface area contributed by atoms with Gasteiger partial charge in [-0.25, -0.2) is 0 Å². The summed E-state index contributed by atoms with van der Waals surface area (Å²) < 4.78 is 0. The van der Waals surface area contributed by atoms with Crippen LogP contribution in [0, 0.1) is 0 Å². The molecule has 1 aromatic rings. The minimum atomic E-state index is -0.331. The monoisotopic (exact) mass is 291 g/mol. The first-order valence-electron chi connectivity index (χ1n) is 7.67. The van der Waals surface area contributed by atoms with E-state index in [1.807, 2.05) is 17.0 Å². The van der Waals surface area contributed by atoms with Gasteiger partial charge < -0.3 is 10.0 Å². The van der Waals surface area contributed by atoms with Crippen molar-refractivity contribution in [3.8, 4) is 0 Å². The number of nitrogens with zero attached hydrogens (tertiary/aromatic N) is 3. The molecule has 1 N–H and O–H groups in total. The van der Waals surface area contributed by atoms with Gasteiger partial charge >= 0.3 is 0 Å². The zero-order chi connectivity index (χ0) is 15.4. The summed E-state index contributed by atoms with van der Waals surface area (Å²) in [6, 6.07) is 3.97. The van der Waals surface area contributed by atoms with Crippen LogP contribution >= 0.6 is 0 Å². The maximum atomic E-state index is 12.6. The lowest BCUT2D eigenvalue weighted by Crippen LogP contribution is -2.55. The quantitative estimate of drug-likeness (QED) is 0.905. The van der Waals surface area contributed by atoms with Gasteiger partial charge in [-0.05, 0) is 38.0 Å². The fourth-order valence-corrected chi connectivity index (χ4v) is 2.83. The third kappa shape index (κ3) is 4.02. The van der Waals surface area contributed by atoms with Crippen molar-refractivity contribution < 1.29 is 9.90 Å². The molecule has 0 bridgehead atoms. The number of amides is 1. The van der Waals surface area contributed by atoms with Gasteiger partial charge in [-0.3, -0.25) is 14.7 Å². The van der Waals surface area contributed by atoms with E-state index in [0.717, 1.165) is 25.1 Å². The Morgan fingerprint density at radius 3 is 2.90 bits per heavy atom. The predicted molar refractivity (Wildman–Crippen MR) is 82.2 cm³/mol. The van der Waals surface area contributed by atoms with Gasteiger partial charge in [-0.1, -0.05) is 6.92 Å². The molecule has 1 aromatic heterocycles. The number of aromatic nitrogens is 1. The standard InChI is InChI=1S/C16H25N3O2/c1-4-14-5-6-17-15(9-14)16(21)19-8-7-18(10-12(19)2)11-13(3)20/h5-6,9,12-13,20H,4,7-8,10-11H2,1-3H3/t12-,13-/m1/s1. The van der Waals surface area contributed by atoms with Crippen molar-refractivity contribution in [1.29, 1.82) is 0 Å². The van der Waals surface area contributed by atoms with Crippen LogP contribution < -0.4 is 0 Å². The van der Waals surface area contributed by atoms with Crippen molar-refractivity contribution in [3.05, 3.63) is 29.6 Å². The first-order valence-corrected chi connectivity index (χ1v) is 7.67. The van der Waals surface area contributed by atoms with E-state index in [0.29, 0.717) is 18.8 Å². The number of aliphatic hydroxyl groups is 1. The highest BCUT2D eigenvalue weighted by Gasteiger charge is 2.29.